The molecule has 0 saturated heterocycles. The Morgan fingerprint density at radius 1 is 0.731 bits per heavy atom. The number of rotatable bonds is 8. The Bertz CT molecular complexity index is 845. The van der Waals surface area contributed by atoms with Gasteiger partial charge in [0.1, 0.15) is 11.5 Å². The Morgan fingerprint density at radius 3 is 2.08 bits per heavy atom. The zero-order valence-electron chi connectivity index (χ0n) is 14.2. The van der Waals surface area contributed by atoms with Crippen molar-refractivity contribution in [2.45, 2.75) is 6.42 Å². The van der Waals surface area contributed by atoms with Crippen LogP contribution >= 0.6 is 11.6 Å². The Labute approximate surface area is 158 Å². The van der Waals surface area contributed by atoms with Crippen LogP contribution in [0.2, 0.25) is 5.02 Å². The van der Waals surface area contributed by atoms with E-state index in [1.807, 2.05) is 60.7 Å². The quantitative estimate of drug-likeness (QED) is 0.394. The van der Waals surface area contributed by atoms with Crippen molar-refractivity contribution in [1.29, 1.82) is 0 Å². The summed E-state index contributed by atoms with van der Waals surface area (Å²) in [6.07, 6.45) is 0.732. The lowest BCUT2D eigenvalue weighted by Gasteiger charge is -2.09. The minimum Gasteiger partial charge on any atom is -0.493 e. The fourth-order valence-electron chi connectivity index (χ4n) is 2.45. The van der Waals surface area contributed by atoms with Gasteiger partial charge in [0.2, 0.25) is 0 Å². The summed E-state index contributed by atoms with van der Waals surface area (Å²) < 4.78 is 11.3. The van der Waals surface area contributed by atoms with E-state index in [0.29, 0.717) is 35.1 Å². The van der Waals surface area contributed by atoms with Crippen molar-refractivity contribution in [1.82, 2.24) is 0 Å². The van der Waals surface area contributed by atoms with E-state index < -0.39 is 0 Å². The van der Waals surface area contributed by atoms with Crippen molar-refractivity contribution in [2.24, 2.45) is 0 Å². The molecule has 0 amide bonds. The van der Waals surface area contributed by atoms with Gasteiger partial charge in [0.25, 0.3) is 0 Å². The standard InChI is InChI=1S/C22H19ClO3/c23-20-9-4-5-10-21(20)26-16-6-15-25-19-13-11-18(12-14-19)22(24)17-7-2-1-3-8-17/h1-5,7-14H,6,15-16H2. The molecule has 0 aliphatic rings. The first-order valence-corrected chi connectivity index (χ1v) is 8.82. The number of hydrogen-bond acceptors (Lipinski definition) is 3. The number of hydrogen-bond donors (Lipinski definition) is 0. The maximum atomic E-state index is 12.4. The molecule has 0 aliphatic heterocycles. The van der Waals surface area contributed by atoms with E-state index in [-0.39, 0.29) is 5.78 Å². The van der Waals surface area contributed by atoms with E-state index in [2.05, 4.69) is 0 Å². The smallest absolute Gasteiger partial charge is 0.193 e. The topological polar surface area (TPSA) is 35.5 Å². The molecule has 132 valence electrons. The lowest BCUT2D eigenvalue weighted by Crippen LogP contribution is -2.05. The van der Waals surface area contributed by atoms with Crippen LogP contribution in [0.4, 0.5) is 0 Å². The highest BCUT2D eigenvalue weighted by Gasteiger charge is 2.08. The average Bonchev–Trinajstić information content (AvgIpc) is 2.70. The zero-order valence-corrected chi connectivity index (χ0v) is 15.0. The van der Waals surface area contributed by atoms with Crippen molar-refractivity contribution in [3.63, 3.8) is 0 Å². The fraction of sp³-hybridized carbons (Fsp3) is 0.136. The molecule has 3 aromatic rings. The number of benzene rings is 3. The van der Waals surface area contributed by atoms with E-state index in [1.54, 1.807) is 18.2 Å². The second-order valence-corrected chi connectivity index (χ2v) is 6.11. The molecule has 0 spiro atoms. The van der Waals surface area contributed by atoms with Crippen molar-refractivity contribution >= 4 is 17.4 Å². The first-order valence-electron chi connectivity index (χ1n) is 8.44. The summed E-state index contributed by atoms with van der Waals surface area (Å²) in [6, 6.07) is 23.8. The predicted molar refractivity (Wildman–Crippen MR) is 103 cm³/mol. The molecule has 0 radical (unpaired) electrons. The highest BCUT2D eigenvalue weighted by atomic mass is 35.5. The molecule has 0 unspecified atom stereocenters. The van der Waals surface area contributed by atoms with Crippen molar-refractivity contribution in [3.05, 3.63) is 95.0 Å². The van der Waals surface area contributed by atoms with E-state index >= 15 is 0 Å². The van der Waals surface area contributed by atoms with Gasteiger partial charge in [-0.05, 0) is 36.4 Å². The van der Waals surface area contributed by atoms with Crippen LogP contribution in [-0.4, -0.2) is 19.0 Å². The van der Waals surface area contributed by atoms with Gasteiger partial charge < -0.3 is 9.47 Å². The van der Waals surface area contributed by atoms with Crippen LogP contribution in [0.25, 0.3) is 0 Å². The highest BCUT2D eigenvalue weighted by Crippen LogP contribution is 2.23. The number of carbonyl (C=O) groups is 1. The van der Waals surface area contributed by atoms with Crippen molar-refractivity contribution in [3.8, 4) is 11.5 Å². The minimum absolute atomic E-state index is 0.00490. The van der Waals surface area contributed by atoms with Gasteiger partial charge in [0.05, 0.1) is 18.2 Å². The van der Waals surface area contributed by atoms with Crippen LogP contribution in [0.3, 0.4) is 0 Å². The molecule has 3 nitrogen and oxygen atoms in total. The predicted octanol–water partition coefficient (Wildman–Crippen LogP) is 5.42. The van der Waals surface area contributed by atoms with Crippen LogP contribution < -0.4 is 9.47 Å². The average molecular weight is 367 g/mol. The lowest BCUT2D eigenvalue weighted by atomic mass is 10.0. The lowest BCUT2D eigenvalue weighted by molar-refractivity contribution is 0.103. The van der Waals surface area contributed by atoms with Crippen LogP contribution in [0.5, 0.6) is 11.5 Å². The number of para-hydroxylation sites is 1. The van der Waals surface area contributed by atoms with E-state index in [0.717, 1.165) is 12.2 Å². The van der Waals surface area contributed by atoms with Gasteiger partial charge in [-0.3, -0.25) is 4.79 Å². The molecular formula is C22H19ClO3. The van der Waals surface area contributed by atoms with Crippen LogP contribution in [0, 0.1) is 0 Å². The van der Waals surface area contributed by atoms with Gasteiger partial charge in [-0.15, -0.1) is 0 Å². The SMILES string of the molecule is O=C(c1ccccc1)c1ccc(OCCCOc2ccccc2Cl)cc1. The monoisotopic (exact) mass is 366 g/mol. The Hall–Kier alpha value is -2.78. The molecule has 0 aromatic heterocycles. The molecular weight excluding hydrogens is 348 g/mol. The Morgan fingerprint density at radius 2 is 1.35 bits per heavy atom. The third-order valence-electron chi connectivity index (χ3n) is 3.80. The second-order valence-electron chi connectivity index (χ2n) is 5.70. The normalized spacial score (nSPS) is 10.3. The van der Waals surface area contributed by atoms with Gasteiger partial charge in [0, 0.05) is 17.5 Å². The summed E-state index contributed by atoms with van der Waals surface area (Å²) >= 11 is 6.03. The first kappa shape index (κ1) is 18.0. The molecule has 0 fully saturated rings. The van der Waals surface area contributed by atoms with Crippen LogP contribution in [-0.2, 0) is 0 Å². The molecule has 0 aliphatic carbocycles. The molecule has 0 heterocycles. The maximum Gasteiger partial charge on any atom is 0.193 e. The van der Waals surface area contributed by atoms with Crippen LogP contribution in [0.1, 0.15) is 22.3 Å². The van der Waals surface area contributed by atoms with E-state index in [4.69, 9.17) is 21.1 Å². The molecule has 3 aromatic carbocycles. The summed E-state index contributed by atoms with van der Waals surface area (Å²) in [5.41, 5.74) is 1.32. The second kappa shape index (κ2) is 9.07. The maximum absolute atomic E-state index is 12.4. The summed E-state index contributed by atoms with van der Waals surface area (Å²) in [6.45, 7) is 1.05. The number of halogens is 1. The van der Waals surface area contributed by atoms with Gasteiger partial charge in [0.15, 0.2) is 5.78 Å². The molecule has 3 rings (SSSR count). The molecule has 0 atom stereocenters. The number of ether oxygens (including phenoxy) is 2. The Kier molecular flexibility index (Phi) is 6.29. The third kappa shape index (κ3) is 4.87. The largest absolute Gasteiger partial charge is 0.493 e. The highest BCUT2D eigenvalue weighted by molar-refractivity contribution is 6.32. The summed E-state index contributed by atoms with van der Waals surface area (Å²) in [5, 5.41) is 0.604. The third-order valence-corrected chi connectivity index (χ3v) is 4.12. The molecule has 0 saturated carbocycles. The first-order chi connectivity index (χ1) is 12.7. The van der Waals surface area contributed by atoms with Crippen molar-refractivity contribution in [2.75, 3.05) is 13.2 Å². The van der Waals surface area contributed by atoms with Gasteiger partial charge >= 0.3 is 0 Å². The fourth-order valence-corrected chi connectivity index (χ4v) is 2.64. The summed E-state index contributed by atoms with van der Waals surface area (Å²) in [7, 11) is 0. The Balaban J connectivity index is 1.45. The summed E-state index contributed by atoms with van der Waals surface area (Å²) in [4.78, 5) is 12.4. The molecule has 26 heavy (non-hydrogen) atoms. The van der Waals surface area contributed by atoms with Crippen molar-refractivity contribution < 1.29 is 14.3 Å². The van der Waals surface area contributed by atoms with Gasteiger partial charge in [-0.2, -0.15) is 0 Å². The number of ketones is 1. The summed E-state index contributed by atoms with van der Waals surface area (Å²) in [5.74, 6) is 1.41. The van der Waals surface area contributed by atoms with Gasteiger partial charge in [-0.1, -0.05) is 54.1 Å². The zero-order chi connectivity index (χ0) is 18.2. The van der Waals surface area contributed by atoms with E-state index in [9.17, 15) is 4.79 Å². The van der Waals surface area contributed by atoms with Crippen LogP contribution in [0.15, 0.2) is 78.9 Å². The minimum atomic E-state index is 0.00490. The number of carbonyl (C=O) groups excluding carboxylic acids is 1. The van der Waals surface area contributed by atoms with E-state index in [1.165, 1.54) is 0 Å². The molecule has 0 N–H and O–H groups in total. The van der Waals surface area contributed by atoms with Gasteiger partial charge in [-0.25, -0.2) is 0 Å². The molecule has 0 bridgehead atoms. The molecule has 4 heteroatoms.